The number of nitrogens with one attached hydrogen (secondary N) is 2. The minimum atomic E-state index is -1.29. The first-order chi connectivity index (χ1) is 9.29. The molecule has 0 saturated heterocycles. The van der Waals surface area contributed by atoms with Gasteiger partial charge in [0.2, 0.25) is 0 Å². The summed E-state index contributed by atoms with van der Waals surface area (Å²) in [7, 11) is 1.16. The third-order valence-corrected chi connectivity index (χ3v) is 3.03. The zero-order valence-electron chi connectivity index (χ0n) is 12.4. The Morgan fingerprint density at radius 2 is 1.80 bits per heavy atom. The van der Waals surface area contributed by atoms with Crippen molar-refractivity contribution in [2.75, 3.05) is 7.11 Å². The fraction of sp³-hybridized carbons (Fsp3) is 0.769. The van der Waals surface area contributed by atoms with Crippen LogP contribution < -0.4 is 10.6 Å². The van der Waals surface area contributed by atoms with E-state index < -0.39 is 30.4 Å². The van der Waals surface area contributed by atoms with E-state index >= 15 is 0 Å². The van der Waals surface area contributed by atoms with Crippen molar-refractivity contribution in [1.29, 1.82) is 0 Å². The lowest BCUT2D eigenvalue weighted by Crippen LogP contribution is -2.49. The molecule has 0 rings (SSSR count). The van der Waals surface area contributed by atoms with E-state index in [1.807, 2.05) is 6.92 Å². The highest BCUT2D eigenvalue weighted by atomic mass is 16.5. The van der Waals surface area contributed by atoms with Crippen LogP contribution in [-0.2, 0) is 14.3 Å². The van der Waals surface area contributed by atoms with Crippen LogP contribution in [0.25, 0.3) is 0 Å². The summed E-state index contributed by atoms with van der Waals surface area (Å²) >= 11 is 0. The van der Waals surface area contributed by atoms with Gasteiger partial charge in [0.05, 0.1) is 13.5 Å². The second-order valence-electron chi connectivity index (χ2n) is 4.94. The molecular formula is C13H24N2O5. The second-order valence-corrected chi connectivity index (χ2v) is 4.94. The highest BCUT2D eigenvalue weighted by Gasteiger charge is 2.24. The molecule has 0 aromatic rings. The van der Waals surface area contributed by atoms with E-state index in [-0.39, 0.29) is 6.04 Å². The molecule has 0 spiro atoms. The summed E-state index contributed by atoms with van der Waals surface area (Å²) in [6.07, 6.45) is 1.41. The maximum absolute atomic E-state index is 11.7. The molecule has 0 aliphatic carbocycles. The first kappa shape index (κ1) is 18.2. The lowest BCUT2D eigenvalue weighted by Gasteiger charge is -2.19. The van der Waals surface area contributed by atoms with Crippen LogP contribution >= 0.6 is 0 Å². The van der Waals surface area contributed by atoms with E-state index in [1.165, 1.54) is 0 Å². The molecule has 2 unspecified atom stereocenters. The molecule has 0 aliphatic heterocycles. The number of rotatable bonds is 8. The van der Waals surface area contributed by atoms with Crippen molar-refractivity contribution in [2.45, 2.75) is 52.1 Å². The van der Waals surface area contributed by atoms with Crippen LogP contribution in [0.15, 0.2) is 0 Å². The Hall–Kier alpha value is -1.79. The molecule has 0 saturated carbocycles. The van der Waals surface area contributed by atoms with Gasteiger partial charge >= 0.3 is 18.0 Å². The van der Waals surface area contributed by atoms with E-state index in [4.69, 9.17) is 5.11 Å². The summed E-state index contributed by atoms with van der Waals surface area (Å²) in [5.74, 6) is -1.50. The van der Waals surface area contributed by atoms with Gasteiger partial charge in [-0.05, 0) is 19.3 Å². The van der Waals surface area contributed by atoms with E-state index in [0.29, 0.717) is 5.92 Å². The molecule has 0 radical (unpaired) electrons. The average molecular weight is 288 g/mol. The Labute approximate surface area is 119 Å². The number of carboxylic acids is 1. The summed E-state index contributed by atoms with van der Waals surface area (Å²) in [6, 6.07) is -1.96. The van der Waals surface area contributed by atoms with Crippen LogP contribution in [0.2, 0.25) is 0 Å². The second kappa shape index (κ2) is 9.17. The number of methoxy groups -OCH3 is 1. The van der Waals surface area contributed by atoms with Crippen LogP contribution in [0.1, 0.15) is 40.0 Å². The number of carbonyl (C=O) groups excluding carboxylic acids is 2. The third kappa shape index (κ3) is 7.60. The first-order valence-electron chi connectivity index (χ1n) is 6.66. The van der Waals surface area contributed by atoms with E-state index in [1.54, 1.807) is 0 Å². The first-order valence-corrected chi connectivity index (χ1v) is 6.66. The molecule has 7 heteroatoms. The lowest BCUT2D eigenvalue weighted by atomic mass is 10.0. The highest BCUT2D eigenvalue weighted by Crippen LogP contribution is 2.09. The van der Waals surface area contributed by atoms with Gasteiger partial charge in [0.1, 0.15) is 6.04 Å². The molecule has 0 aromatic carbocycles. The van der Waals surface area contributed by atoms with E-state index in [2.05, 4.69) is 29.2 Å². The van der Waals surface area contributed by atoms with Crippen molar-refractivity contribution >= 4 is 18.0 Å². The van der Waals surface area contributed by atoms with Crippen LogP contribution in [-0.4, -0.2) is 42.3 Å². The molecule has 3 atom stereocenters. The Morgan fingerprint density at radius 1 is 1.20 bits per heavy atom. The quantitative estimate of drug-likeness (QED) is 0.581. The molecule has 0 aliphatic rings. The Kier molecular flexibility index (Phi) is 8.35. The number of amides is 2. The fourth-order valence-electron chi connectivity index (χ4n) is 1.70. The van der Waals surface area contributed by atoms with Crippen LogP contribution in [0.3, 0.4) is 0 Å². The van der Waals surface area contributed by atoms with Gasteiger partial charge in [0.15, 0.2) is 0 Å². The maximum atomic E-state index is 11.7. The number of ether oxygens (including phenoxy) is 1. The number of esters is 1. The van der Waals surface area contributed by atoms with Crippen molar-refractivity contribution in [1.82, 2.24) is 10.6 Å². The number of carboxylic acid groups (broad SMARTS) is 1. The summed E-state index contributed by atoms with van der Waals surface area (Å²) in [6.45, 7) is 5.99. The Balaban J connectivity index is 4.32. The number of carbonyl (C=O) groups is 3. The van der Waals surface area contributed by atoms with Gasteiger partial charge in [-0.2, -0.15) is 0 Å². The van der Waals surface area contributed by atoms with Crippen LogP contribution in [0, 0.1) is 5.92 Å². The molecule has 0 heterocycles. The van der Waals surface area contributed by atoms with E-state index in [9.17, 15) is 14.4 Å². The molecular weight excluding hydrogens is 264 g/mol. The Bertz CT molecular complexity index is 346. The van der Waals surface area contributed by atoms with Crippen LogP contribution in [0.5, 0.6) is 0 Å². The minimum absolute atomic E-state index is 0.0717. The SMILES string of the molecule is CCC(C)CC(C)NC(=O)N[C@@H](CC(=O)OC)C(=O)O. The largest absolute Gasteiger partial charge is 0.480 e. The summed E-state index contributed by atoms with van der Waals surface area (Å²) in [4.78, 5) is 33.7. The molecule has 3 N–H and O–H groups in total. The molecule has 116 valence electrons. The minimum Gasteiger partial charge on any atom is -0.480 e. The van der Waals surface area contributed by atoms with Crippen molar-refractivity contribution in [2.24, 2.45) is 5.92 Å². The summed E-state index contributed by atoms with van der Waals surface area (Å²) in [5.41, 5.74) is 0. The van der Waals surface area contributed by atoms with Gasteiger partial charge in [0.25, 0.3) is 0 Å². The number of urea groups is 1. The summed E-state index contributed by atoms with van der Waals surface area (Å²) < 4.78 is 4.39. The monoisotopic (exact) mass is 288 g/mol. The lowest BCUT2D eigenvalue weighted by molar-refractivity contribution is -0.147. The Morgan fingerprint density at radius 3 is 2.25 bits per heavy atom. The van der Waals surface area contributed by atoms with Crippen LogP contribution in [0.4, 0.5) is 4.79 Å². The van der Waals surface area contributed by atoms with E-state index in [0.717, 1.165) is 20.0 Å². The maximum Gasteiger partial charge on any atom is 0.326 e. The summed E-state index contributed by atoms with van der Waals surface area (Å²) in [5, 5.41) is 13.8. The van der Waals surface area contributed by atoms with Crippen molar-refractivity contribution in [3.05, 3.63) is 0 Å². The standard InChI is InChI=1S/C13H24N2O5/c1-5-8(2)6-9(3)14-13(19)15-10(12(17)18)7-11(16)20-4/h8-10H,5-7H2,1-4H3,(H,17,18)(H2,14,15,19)/t8?,9?,10-/m0/s1. The number of hydrogen-bond acceptors (Lipinski definition) is 4. The topological polar surface area (TPSA) is 105 Å². The van der Waals surface area contributed by atoms with Gasteiger partial charge in [0, 0.05) is 6.04 Å². The molecule has 0 bridgehead atoms. The van der Waals surface area contributed by atoms with Gasteiger partial charge in [-0.15, -0.1) is 0 Å². The average Bonchev–Trinajstić information content (AvgIpc) is 2.36. The van der Waals surface area contributed by atoms with Gasteiger partial charge < -0.3 is 20.5 Å². The third-order valence-electron chi connectivity index (χ3n) is 3.03. The molecule has 7 nitrogen and oxygen atoms in total. The molecule has 20 heavy (non-hydrogen) atoms. The zero-order chi connectivity index (χ0) is 15.7. The van der Waals surface area contributed by atoms with Gasteiger partial charge in [-0.1, -0.05) is 20.3 Å². The predicted octanol–water partition coefficient (Wildman–Crippen LogP) is 1.13. The predicted molar refractivity (Wildman–Crippen MR) is 73.3 cm³/mol. The van der Waals surface area contributed by atoms with Crippen molar-refractivity contribution in [3.63, 3.8) is 0 Å². The van der Waals surface area contributed by atoms with Gasteiger partial charge in [-0.25, -0.2) is 9.59 Å². The highest BCUT2D eigenvalue weighted by molar-refractivity contribution is 5.86. The van der Waals surface area contributed by atoms with Gasteiger partial charge in [-0.3, -0.25) is 4.79 Å². The normalized spacial score (nSPS) is 14.8. The number of aliphatic carboxylic acids is 1. The molecule has 0 aromatic heterocycles. The smallest absolute Gasteiger partial charge is 0.326 e. The van der Waals surface area contributed by atoms with Crippen molar-refractivity contribution in [3.8, 4) is 0 Å². The zero-order valence-corrected chi connectivity index (χ0v) is 12.4. The molecule has 2 amide bonds. The van der Waals surface area contributed by atoms with Crippen molar-refractivity contribution < 1.29 is 24.2 Å². The fourth-order valence-corrected chi connectivity index (χ4v) is 1.70. The molecule has 0 fully saturated rings. The number of hydrogen-bond donors (Lipinski definition) is 3.